The highest BCUT2D eigenvalue weighted by atomic mass is 16.2. The van der Waals surface area contributed by atoms with Gasteiger partial charge in [0.2, 0.25) is 0 Å². The van der Waals surface area contributed by atoms with Crippen LogP contribution >= 0.6 is 0 Å². The molecule has 1 amide bonds. The number of fused-ring (bicyclic) bond motifs is 2. The van der Waals surface area contributed by atoms with Crippen molar-refractivity contribution in [2.45, 2.75) is 39.2 Å². The van der Waals surface area contributed by atoms with E-state index in [1.165, 1.54) is 5.39 Å². The van der Waals surface area contributed by atoms with Crippen LogP contribution in [0.1, 0.15) is 38.7 Å². The van der Waals surface area contributed by atoms with Crippen molar-refractivity contribution in [3.05, 3.63) is 59.5 Å². The highest BCUT2D eigenvalue weighted by Crippen LogP contribution is 2.30. The van der Waals surface area contributed by atoms with E-state index in [4.69, 9.17) is 16.5 Å². The molecule has 7 nitrogen and oxygen atoms in total. The van der Waals surface area contributed by atoms with Gasteiger partial charge in [-0.1, -0.05) is 56.7 Å². The van der Waals surface area contributed by atoms with Crippen LogP contribution in [0.5, 0.6) is 0 Å². The Balaban J connectivity index is 1.67. The largest absolute Gasteiger partial charge is 0.370 e. The lowest BCUT2D eigenvalue weighted by Crippen LogP contribution is -2.38. The van der Waals surface area contributed by atoms with Crippen LogP contribution < -0.4 is 16.8 Å². The number of amides is 1. The van der Waals surface area contributed by atoms with Gasteiger partial charge >= 0.3 is 0 Å². The van der Waals surface area contributed by atoms with Crippen molar-refractivity contribution in [1.29, 1.82) is 0 Å². The molecular formula is C24H30N6O. The second kappa shape index (κ2) is 8.79. The second-order valence-corrected chi connectivity index (χ2v) is 8.26. The summed E-state index contributed by atoms with van der Waals surface area (Å²) in [5, 5.41) is 5.81. The molecule has 162 valence electrons. The minimum absolute atomic E-state index is 0.0919. The molecule has 1 saturated heterocycles. The van der Waals surface area contributed by atoms with Crippen LogP contribution in [0.4, 0.5) is 0 Å². The van der Waals surface area contributed by atoms with E-state index in [2.05, 4.69) is 54.5 Å². The lowest BCUT2D eigenvalue weighted by atomic mass is 9.99. The van der Waals surface area contributed by atoms with E-state index >= 15 is 0 Å². The summed E-state index contributed by atoms with van der Waals surface area (Å²) in [6.45, 7) is 5.23. The number of rotatable bonds is 7. The van der Waals surface area contributed by atoms with Crippen molar-refractivity contribution < 1.29 is 4.79 Å². The predicted octanol–water partition coefficient (Wildman–Crippen LogP) is 2.71. The lowest BCUT2D eigenvalue weighted by molar-refractivity contribution is -0.128. The zero-order chi connectivity index (χ0) is 22.0. The van der Waals surface area contributed by atoms with Gasteiger partial charge in [0.15, 0.2) is 5.96 Å². The summed E-state index contributed by atoms with van der Waals surface area (Å²) in [5.41, 5.74) is 13.7. The number of guanidine groups is 1. The lowest BCUT2D eigenvalue weighted by Gasteiger charge is -2.25. The second-order valence-electron chi connectivity index (χ2n) is 8.26. The van der Waals surface area contributed by atoms with Crippen LogP contribution in [0.25, 0.3) is 10.8 Å². The van der Waals surface area contributed by atoms with Crippen LogP contribution in [0.2, 0.25) is 0 Å². The highest BCUT2D eigenvalue weighted by Gasteiger charge is 2.41. The topological polar surface area (TPSA) is 109 Å². The third kappa shape index (κ3) is 4.26. The minimum atomic E-state index is -0.209. The molecule has 2 aliphatic rings. The van der Waals surface area contributed by atoms with E-state index in [1.807, 2.05) is 17.0 Å². The van der Waals surface area contributed by atoms with Gasteiger partial charge in [0.1, 0.15) is 11.9 Å². The number of nitrogens with two attached hydrogens (primary N) is 2. The van der Waals surface area contributed by atoms with E-state index in [-0.39, 0.29) is 23.8 Å². The van der Waals surface area contributed by atoms with Gasteiger partial charge in [-0.05, 0) is 41.2 Å². The van der Waals surface area contributed by atoms with Crippen molar-refractivity contribution in [3.8, 4) is 0 Å². The number of hydrogen-bond donors (Lipinski definition) is 3. The van der Waals surface area contributed by atoms with Gasteiger partial charge in [0.05, 0.1) is 18.0 Å². The van der Waals surface area contributed by atoms with Crippen LogP contribution in [0.3, 0.4) is 0 Å². The third-order valence-electron chi connectivity index (χ3n) is 6.11. The first-order valence-electron chi connectivity index (χ1n) is 10.9. The summed E-state index contributed by atoms with van der Waals surface area (Å²) < 4.78 is 0. The first kappa shape index (κ1) is 20.9. The van der Waals surface area contributed by atoms with Crippen LogP contribution in [0, 0.1) is 5.92 Å². The zero-order valence-corrected chi connectivity index (χ0v) is 18.1. The third-order valence-corrected chi connectivity index (χ3v) is 6.11. The average Bonchev–Trinajstić information content (AvgIpc) is 3.12. The summed E-state index contributed by atoms with van der Waals surface area (Å²) in [7, 11) is 0. The summed E-state index contributed by atoms with van der Waals surface area (Å²) in [5.74, 6) is 1.30. The molecule has 0 radical (unpaired) electrons. The fraction of sp³-hybridized carbons (Fsp3) is 0.375. The molecule has 0 spiro atoms. The SMILES string of the molecule is CCC(C)C1NC2=C(CCCN=C(N)N)N=C(c3ccc4ccccc4c3)CN2C1=O. The van der Waals surface area contributed by atoms with Crippen molar-refractivity contribution in [1.82, 2.24) is 10.2 Å². The molecule has 4 rings (SSSR count). The van der Waals surface area contributed by atoms with Gasteiger partial charge in [0.25, 0.3) is 5.91 Å². The number of carbonyl (C=O) groups is 1. The van der Waals surface area contributed by atoms with E-state index in [0.717, 1.165) is 41.0 Å². The Kier molecular flexibility index (Phi) is 5.93. The molecule has 1 fully saturated rings. The van der Waals surface area contributed by atoms with Gasteiger partial charge in [0, 0.05) is 6.54 Å². The summed E-state index contributed by atoms with van der Waals surface area (Å²) in [4.78, 5) is 24.2. The van der Waals surface area contributed by atoms with E-state index in [9.17, 15) is 4.79 Å². The molecule has 7 heteroatoms. The monoisotopic (exact) mass is 418 g/mol. The first-order chi connectivity index (χ1) is 15.0. The number of benzene rings is 2. The van der Waals surface area contributed by atoms with E-state index in [0.29, 0.717) is 19.5 Å². The maximum absolute atomic E-state index is 13.2. The zero-order valence-electron chi connectivity index (χ0n) is 18.1. The fourth-order valence-corrected chi connectivity index (χ4v) is 4.14. The first-order valence-corrected chi connectivity index (χ1v) is 10.9. The molecule has 2 atom stereocenters. The molecule has 2 aromatic carbocycles. The Bertz CT molecular complexity index is 1080. The Morgan fingerprint density at radius 3 is 2.77 bits per heavy atom. The van der Waals surface area contributed by atoms with Gasteiger partial charge in [-0.25, -0.2) is 0 Å². The van der Waals surface area contributed by atoms with Crippen molar-refractivity contribution in [2.75, 3.05) is 13.1 Å². The summed E-state index contributed by atoms with van der Waals surface area (Å²) in [6.07, 6.45) is 2.37. The van der Waals surface area contributed by atoms with Crippen LogP contribution in [0.15, 0.2) is 64.0 Å². The fourth-order valence-electron chi connectivity index (χ4n) is 4.14. The van der Waals surface area contributed by atoms with Gasteiger partial charge in [-0.3, -0.25) is 19.7 Å². The van der Waals surface area contributed by atoms with Crippen molar-refractivity contribution in [2.24, 2.45) is 27.4 Å². The van der Waals surface area contributed by atoms with Gasteiger partial charge in [-0.2, -0.15) is 0 Å². The Labute approximate surface area is 182 Å². The molecule has 2 heterocycles. The highest BCUT2D eigenvalue weighted by molar-refractivity contribution is 6.08. The number of aliphatic imine (C=N–C) groups is 2. The van der Waals surface area contributed by atoms with Crippen molar-refractivity contribution >= 4 is 28.4 Å². The average molecular weight is 419 g/mol. The molecule has 0 aliphatic carbocycles. The Hall–Kier alpha value is -3.35. The predicted molar refractivity (Wildman–Crippen MR) is 126 cm³/mol. The van der Waals surface area contributed by atoms with Crippen LogP contribution in [-0.2, 0) is 4.79 Å². The van der Waals surface area contributed by atoms with Gasteiger partial charge in [-0.15, -0.1) is 0 Å². The maximum atomic E-state index is 13.2. The van der Waals surface area contributed by atoms with Crippen molar-refractivity contribution in [3.63, 3.8) is 0 Å². The quantitative estimate of drug-likeness (QED) is 0.365. The molecule has 0 aromatic heterocycles. The summed E-state index contributed by atoms with van der Waals surface area (Å²) in [6, 6.07) is 14.4. The number of carbonyl (C=O) groups excluding carboxylic acids is 1. The van der Waals surface area contributed by atoms with E-state index in [1.54, 1.807) is 0 Å². The Morgan fingerprint density at radius 1 is 1.26 bits per heavy atom. The number of hydrogen-bond acceptors (Lipinski definition) is 4. The number of nitrogens with one attached hydrogen (secondary N) is 1. The molecule has 31 heavy (non-hydrogen) atoms. The molecule has 0 saturated carbocycles. The number of nitrogens with zero attached hydrogens (tertiary/aromatic N) is 3. The molecular weight excluding hydrogens is 388 g/mol. The maximum Gasteiger partial charge on any atom is 0.251 e. The smallest absolute Gasteiger partial charge is 0.251 e. The summed E-state index contributed by atoms with van der Waals surface area (Å²) >= 11 is 0. The number of allylic oxidation sites excluding steroid dienone is 1. The molecule has 2 unspecified atom stereocenters. The minimum Gasteiger partial charge on any atom is -0.370 e. The Morgan fingerprint density at radius 2 is 2.03 bits per heavy atom. The van der Waals surface area contributed by atoms with Crippen LogP contribution in [-0.4, -0.2) is 41.6 Å². The normalized spacial score (nSPS) is 19.2. The molecule has 2 aromatic rings. The standard InChI is InChI=1S/C24H30N6O/c1-3-15(2)21-23(31)30-14-20(18-11-10-16-7-4-5-8-17(16)13-18)28-19(22(30)29-21)9-6-12-27-24(25)26/h4-5,7-8,10-11,13,15,21,29H,3,6,9,12,14H2,1-2H3,(H4,25,26,27). The molecule has 0 bridgehead atoms. The molecule has 5 N–H and O–H groups in total. The van der Waals surface area contributed by atoms with E-state index < -0.39 is 0 Å². The van der Waals surface area contributed by atoms with Gasteiger partial charge < -0.3 is 16.8 Å². The molecule has 2 aliphatic heterocycles.